The molecule has 1 aromatic carbocycles. The van der Waals surface area contributed by atoms with Crippen LogP contribution in [0.4, 0.5) is 11.4 Å². The van der Waals surface area contributed by atoms with Crippen molar-refractivity contribution in [3.63, 3.8) is 0 Å². The molecular weight excluding hydrogens is 250 g/mol. The number of hydrogen-bond acceptors (Lipinski definition) is 4. The van der Waals surface area contributed by atoms with E-state index in [1.807, 2.05) is 6.92 Å². The molecule has 0 radical (unpaired) electrons. The number of nitrogen functional groups attached to an aromatic ring is 1. The van der Waals surface area contributed by atoms with E-state index in [9.17, 15) is 9.00 Å². The lowest BCUT2D eigenvalue weighted by atomic mass is 10.1. The molecule has 1 rings (SSSR count). The number of carbonyl (C=O) groups excluding carboxylic acids is 1. The molecule has 6 heteroatoms. The van der Waals surface area contributed by atoms with Crippen molar-refractivity contribution in [2.24, 2.45) is 0 Å². The summed E-state index contributed by atoms with van der Waals surface area (Å²) >= 11 is 0. The number of nitrogens with one attached hydrogen (secondary N) is 2. The lowest BCUT2D eigenvalue weighted by molar-refractivity contribution is 0.0963. The average Bonchev–Trinajstić information content (AvgIpc) is 2.30. The first-order chi connectivity index (χ1) is 8.43. The minimum atomic E-state index is -0.874. The highest BCUT2D eigenvalue weighted by Gasteiger charge is 2.10. The molecule has 100 valence electrons. The van der Waals surface area contributed by atoms with Gasteiger partial charge in [0.1, 0.15) is 0 Å². The normalized spacial score (nSPS) is 13.7. The van der Waals surface area contributed by atoms with Crippen LogP contribution in [-0.4, -0.2) is 35.2 Å². The van der Waals surface area contributed by atoms with Crippen LogP contribution >= 0.6 is 0 Å². The molecule has 0 aliphatic carbocycles. The Morgan fingerprint density at radius 1 is 1.50 bits per heavy atom. The largest absolute Gasteiger partial charge is 0.397 e. The van der Waals surface area contributed by atoms with Gasteiger partial charge < -0.3 is 16.4 Å². The summed E-state index contributed by atoms with van der Waals surface area (Å²) in [6, 6.07) is 5.08. The molecule has 5 nitrogen and oxygen atoms in total. The van der Waals surface area contributed by atoms with Gasteiger partial charge in [0.2, 0.25) is 0 Å². The van der Waals surface area contributed by atoms with Gasteiger partial charge in [0.05, 0.1) is 11.4 Å². The highest BCUT2D eigenvalue weighted by atomic mass is 32.2. The second kappa shape index (κ2) is 6.39. The van der Waals surface area contributed by atoms with Gasteiger partial charge in [0.25, 0.3) is 5.91 Å². The fourth-order valence-electron chi connectivity index (χ4n) is 1.63. The highest BCUT2D eigenvalue weighted by Crippen LogP contribution is 2.21. The Morgan fingerprint density at radius 2 is 2.17 bits per heavy atom. The van der Waals surface area contributed by atoms with E-state index in [1.165, 1.54) is 0 Å². The van der Waals surface area contributed by atoms with Crippen molar-refractivity contribution in [2.45, 2.75) is 13.0 Å². The molecule has 0 aliphatic heterocycles. The summed E-state index contributed by atoms with van der Waals surface area (Å²) < 4.78 is 11.1. The van der Waals surface area contributed by atoms with Gasteiger partial charge in [-0.2, -0.15) is 0 Å². The zero-order valence-corrected chi connectivity index (χ0v) is 11.6. The Kier molecular flexibility index (Phi) is 5.15. The predicted molar refractivity (Wildman–Crippen MR) is 76.3 cm³/mol. The maximum Gasteiger partial charge on any atom is 0.251 e. The minimum Gasteiger partial charge on any atom is -0.397 e. The van der Waals surface area contributed by atoms with E-state index in [1.54, 1.807) is 31.5 Å². The Bertz CT molecular complexity index is 463. The lowest BCUT2D eigenvalue weighted by Crippen LogP contribution is -2.23. The maximum absolute atomic E-state index is 11.5. The average molecular weight is 269 g/mol. The van der Waals surface area contributed by atoms with Gasteiger partial charge in [0.15, 0.2) is 0 Å². The first-order valence-corrected chi connectivity index (χ1v) is 7.35. The SMILES string of the molecule is CNC(=O)c1ccc(N)c(NC(C)CS(C)=O)c1. The molecular formula is C12H19N3O2S. The van der Waals surface area contributed by atoms with E-state index in [0.717, 1.165) is 0 Å². The number of carbonyl (C=O) groups is 1. The van der Waals surface area contributed by atoms with Crippen molar-refractivity contribution in [3.05, 3.63) is 23.8 Å². The Labute approximate surface area is 110 Å². The van der Waals surface area contributed by atoms with Crippen molar-refractivity contribution in [3.8, 4) is 0 Å². The quantitative estimate of drug-likeness (QED) is 0.691. The van der Waals surface area contributed by atoms with Crippen LogP contribution in [0.5, 0.6) is 0 Å². The lowest BCUT2D eigenvalue weighted by Gasteiger charge is -2.16. The van der Waals surface area contributed by atoms with Crippen molar-refractivity contribution in [2.75, 3.05) is 30.1 Å². The summed E-state index contributed by atoms with van der Waals surface area (Å²) in [5.41, 5.74) is 7.64. The van der Waals surface area contributed by atoms with Crippen LogP contribution in [0.25, 0.3) is 0 Å². The molecule has 0 saturated carbocycles. The zero-order valence-electron chi connectivity index (χ0n) is 10.8. The molecule has 0 aliphatic rings. The van der Waals surface area contributed by atoms with Gasteiger partial charge >= 0.3 is 0 Å². The monoisotopic (exact) mass is 269 g/mol. The Hall–Kier alpha value is -1.56. The van der Waals surface area contributed by atoms with Crippen molar-refractivity contribution < 1.29 is 9.00 Å². The summed E-state index contributed by atoms with van der Waals surface area (Å²) in [4.78, 5) is 11.5. The summed E-state index contributed by atoms with van der Waals surface area (Å²) in [5.74, 6) is 0.369. The van der Waals surface area contributed by atoms with Crippen LogP contribution in [0.1, 0.15) is 17.3 Å². The third-order valence-electron chi connectivity index (χ3n) is 2.43. The zero-order chi connectivity index (χ0) is 13.7. The topological polar surface area (TPSA) is 84.2 Å². The molecule has 0 bridgehead atoms. The molecule has 1 amide bonds. The van der Waals surface area contributed by atoms with Crippen molar-refractivity contribution in [1.29, 1.82) is 0 Å². The number of rotatable bonds is 5. The molecule has 18 heavy (non-hydrogen) atoms. The molecule has 0 fully saturated rings. The van der Waals surface area contributed by atoms with Gasteiger partial charge in [-0.15, -0.1) is 0 Å². The summed E-state index contributed by atoms with van der Waals surface area (Å²) in [6.07, 6.45) is 1.66. The number of nitrogens with two attached hydrogens (primary N) is 1. The predicted octanol–water partition coefficient (Wildman–Crippen LogP) is 0.807. The van der Waals surface area contributed by atoms with Gasteiger partial charge in [-0.05, 0) is 25.1 Å². The van der Waals surface area contributed by atoms with E-state index in [-0.39, 0.29) is 11.9 Å². The minimum absolute atomic E-state index is 0.0260. The summed E-state index contributed by atoms with van der Waals surface area (Å²) in [6.45, 7) is 1.92. The van der Waals surface area contributed by atoms with Crippen LogP contribution in [0.3, 0.4) is 0 Å². The van der Waals surface area contributed by atoms with Gasteiger partial charge in [0, 0.05) is 41.5 Å². The Balaban J connectivity index is 2.87. The Morgan fingerprint density at radius 3 is 2.72 bits per heavy atom. The third kappa shape index (κ3) is 4.03. The van der Waals surface area contributed by atoms with Crippen LogP contribution in [0.2, 0.25) is 0 Å². The van der Waals surface area contributed by atoms with E-state index in [2.05, 4.69) is 10.6 Å². The summed E-state index contributed by atoms with van der Waals surface area (Å²) in [5, 5.41) is 5.72. The van der Waals surface area contributed by atoms with Crippen LogP contribution in [0.15, 0.2) is 18.2 Å². The molecule has 2 atom stereocenters. The molecule has 0 heterocycles. The first kappa shape index (κ1) is 14.5. The molecule has 1 aromatic rings. The van der Waals surface area contributed by atoms with Crippen LogP contribution in [-0.2, 0) is 10.8 Å². The summed E-state index contributed by atoms with van der Waals surface area (Å²) in [7, 11) is 0.704. The van der Waals surface area contributed by atoms with Crippen LogP contribution < -0.4 is 16.4 Å². The van der Waals surface area contributed by atoms with Gasteiger partial charge in [-0.1, -0.05) is 0 Å². The van der Waals surface area contributed by atoms with Gasteiger partial charge in [-0.25, -0.2) is 0 Å². The molecule has 4 N–H and O–H groups in total. The van der Waals surface area contributed by atoms with Crippen molar-refractivity contribution >= 4 is 28.1 Å². The maximum atomic E-state index is 11.5. The highest BCUT2D eigenvalue weighted by molar-refractivity contribution is 7.84. The molecule has 0 spiro atoms. The number of anilines is 2. The van der Waals surface area contributed by atoms with E-state index in [4.69, 9.17) is 5.73 Å². The van der Waals surface area contributed by atoms with Gasteiger partial charge in [-0.3, -0.25) is 9.00 Å². The molecule has 0 saturated heterocycles. The number of hydrogen-bond donors (Lipinski definition) is 3. The second-order valence-corrected chi connectivity index (χ2v) is 5.65. The smallest absolute Gasteiger partial charge is 0.251 e. The molecule has 2 unspecified atom stereocenters. The first-order valence-electron chi connectivity index (χ1n) is 5.62. The fourth-order valence-corrected chi connectivity index (χ4v) is 2.41. The third-order valence-corrected chi connectivity index (χ3v) is 3.40. The van der Waals surface area contributed by atoms with E-state index >= 15 is 0 Å². The number of benzene rings is 1. The van der Waals surface area contributed by atoms with E-state index in [0.29, 0.717) is 22.7 Å². The molecule has 0 aromatic heterocycles. The standard InChI is InChI=1S/C12H19N3O2S/c1-8(7-18(3)17)15-11-6-9(12(16)14-2)4-5-10(11)13/h4-6,8,15H,7,13H2,1-3H3,(H,14,16). The fraction of sp³-hybridized carbons (Fsp3) is 0.417. The van der Waals surface area contributed by atoms with E-state index < -0.39 is 10.8 Å². The number of amides is 1. The second-order valence-electron chi connectivity index (χ2n) is 4.17. The van der Waals surface area contributed by atoms with Crippen molar-refractivity contribution in [1.82, 2.24) is 5.32 Å². The van der Waals surface area contributed by atoms with Crippen LogP contribution in [0, 0.1) is 0 Å².